The smallest absolute Gasteiger partial charge is 0.302 e. The molecule has 0 saturated carbocycles. The Morgan fingerprint density at radius 3 is 3.09 bits per heavy atom. The molecule has 4 aromatic rings. The molecule has 0 spiro atoms. The Morgan fingerprint density at radius 1 is 1.35 bits per heavy atom. The number of oxazole rings is 1. The molecule has 1 aromatic carbocycles. The molecule has 4 N–H and O–H groups in total. The number of nitrogens with zero attached hydrogens (tertiary/aromatic N) is 4. The van der Waals surface area contributed by atoms with Crippen molar-refractivity contribution in [2.45, 2.75) is 0 Å². The number of carbonyl (C=O) groups excluding carboxylic acids is 1. The molecule has 0 aliphatic carbocycles. The molecule has 3 aromatic heterocycles. The molecule has 3 heterocycles. The minimum absolute atomic E-state index is 0.0752. The summed E-state index contributed by atoms with van der Waals surface area (Å²) >= 11 is 0. The Morgan fingerprint density at radius 2 is 2.22 bits per heavy atom. The van der Waals surface area contributed by atoms with E-state index in [0.29, 0.717) is 11.0 Å². The van der Waals surface area contributed by atoms with Crippen LogP contribution in [0.1, 0.15) is 10.5 Å². The van der Waals surface area contributed by atoms with Crippen LogP contribution in [0.4, 0.5) is 16.2 Å². The lowest BCUT2D eigenvalue weighted by molar-refractivity contribution is 0.102. The lowest BCUT2D eigenvalue weighted by Gasteiger charge is -1.99. The fourth-order valence-electron chi connectivity index (χ4n) is 2.16. The number of halogens is 1. The van der Waals surface area contributed by atoms with Gasteiger partial charge in [-0.25, -0.2) is 14.4 Å². The number of fused-ring (bicyclic) bond motifs is 2. The van der Waals surface area contributed by atoms with E-state index in [1.54, 1.807) is 0 Å². The van der Waals surface area contributed by atoms with Gasteiger partial charge in [-0.1, -0.05) is 0 Å². The zero-order chi connectivity index (χ0) is 16.0. The van der Waals surface area contributed by atoms with Gasteiger partial charge in [0.1, 0.15) is 29.2 Å². The Labute approximate surface area is 126 Å². The van der Waals surface area contributed by atoms with E-state index in [1.807, 2.05) is 0 Å². The number of rotatable bonds is 2. The molecule has 9 nitrogen and oxygen atoms in total. The molecule has 0 aliphatic heterocycles. The summed E-state index contributed by atoms with van der Waals surface area (Å²) in [7, 11) is 0. The molecule has 4 rings (SSSR count). The van der Waals surface area contributed by atoms with Crippen LogP contribution in [-0.2, 0) is 0 Å². The predicted octanol–water partition coefficient (Wildman–Crippen LogP) is 1.47. The second kappa shape index (κ2) is 4.73. The molecule has 0 atom stereocenters. The number of H-pyrrole nitrogens is 1. The van der Waals surface area contributed by atoms with E-state index in [2.05, 4.69) is 30.5 Å². The largest absolute Gasteiger partial charge is 0.423 e. The molecule has 0 saturated heterocycles. The topological polar surface area (TPSA) is 136 Å². The van der Waals surface area contributed by atoms with Gasteiger partial charge in [0.05, 0.1) is 5.39 Å². The number of carbonyl (C=O) groups is 1. The summed E-state index contributed by atoms with van der Waals surface area (Å²) in [6, 6.07) is 3.78. The Balaban J connectivity index is 1.70. The van der Waals surface area contributed by atoms with Gasteiger partial charge in [0, 0.05) is 6.07 Å². The van der Waals surface area contributed by atoms with Crippen molar-refractivity contribution >= 4 is 39.9 Å². The lowest BCUT2D eigenvalue weighted by atomic mass is 10.2. The standard InChI is InChI=1S/C13H8FN7O2/c14-5-1-2-7-6(3-5)18-13(23-7)19-12(22)9-8-10(15)16-4-17-11(8)21-20-9/h1-4H,(H,18,19,22)(H3,15,16,17,20,21). The van der Waals surface area contributed by atoms with Crippen molar-refractivity contribution in [3.05, 3.63) is 36.0 Å². The predicted molar refractivity (Wildman–Crippen MR) is 78.0 cm³/mol. The van der Waals surface area contributed by atoms with Crippen LogP contribution in [0.2, 0.25) is 0 Å². The van der Waals surface area contributed by atoms with E-state index in [0.717, 1.165) is 0 Å². The van der Waals surface area contributed by atoms with Crippen LogP contribution < -0.4 is 11.1 Å². The maximum atomic E-state index is 13.1. The number of aromatic nitrogens is 5. The number of nitrogens with two attached hydrogens (primary N) is 1. The van der Waals surface area contributed by atoms with Gasteiger partial charge in [-0.3, -0.25) is 15.2 Å². The Kier molecular flexibility index (Phi) is 2.70. The van der Waals surface area contributed by atoms with E-state index in [-0.39, 0.29) is 28.7 Å². The van der Waals surface area contributed by atoms with Crippen molar-refractivity contribution in [2.24, 2.45) is 0 Å². The van der Waals surface area contributed by atoms with Crippen LogP contribution in [0.25, 0.3) is 22.1 Å². The summed E-state index contributed by atoms with van der Waals surface area (Å²) in [4.78, 5) is 24.0. The molecule has 0 fully saturated rings. The van der Waals surface area contributed by atoms with Gasteiger partial charge in [0.2, 0.25) is 0 Å². The molecule has 1 amide bonds. The third-order valence-electron chi connectivity index (χ3n) is 3.18. The van der Waals surface area contributed by atoms with Crippen LogP contribution in [0, 0.1) is 5.82 Å². The second-order valence-corrected chi connectivity index (χ2v) is 4.64. The highest BCUT2D eigenvalue weighted by Crippen LogP contribution is 2.22. The third-order valence-corrected chi connectivity index (χ3v) is 3.18. The molecular formula is C13H8FN7O2. The third kappa shape index (κ3) is 2.12. The quantitative estimate of drug-likeness (QED) is 0.509. The molecule has 114 valence electrons. The molecule has 23 heavy (non-hydrogen) atoms. The Hall–Kier alpha value is -3.56. The van der Waals surface area contributed by atoms with E-state index in [4.69, 9.17) is 10.2 Å². The highest BCUT2D eigenvalue weighted by molar-refractivity contribution is 6.12. The first-order chi connectivity index (χ1) is 11.1. The highest BCUT2D eigenvalue weighted by Gasteiger charge is 2.19. The van der Waals surface area contributed by atoms with Gasteiger partial charge in [-0.05, 0) is 12.1 Å². The van der Waals surface area contributed by atoms with Crippen LogP contribution in [0.15, 0.2) is 28.9 Å². The fourth-order valence-corrected chi connectivity index (χ4v) is 2.16. The first kappa shape index (κ1) is 13.1. The first-order valence-corrected chi connectivity index (χ1v) is 6.44. The zero-order valence-electron chi connectivity index (χ0n) is 11.4. The van der Waals surface area contributed by atoms with Crippen LogP contribution in [0.5, 0.6) is 0 Å². The Bertz CT molecular complexity index is 1060. The maximum Gasteiger partial charge on any atom is 0.302 e. The number of nitrogen functional groups attached to an aromatic ring is 1. The number of hydrogen-bond donors (Lipinski definition) is 3. The zero-order valence-corrected chi connectivity index (χ0v) is 11.4. The monoisotopic (exact) mass is 313 g/mol. The second-order valence-electron chi connectivity index (χ2n) is 4.64. The summed E-state index contributed by atoms with van der Waals surface area (Å²) in [6.07, 6.45) is 1.25. The van der Waals surface area contributed by atoms with E-state index < -0.39 is 11.7 Å². The molecule has 0 bridgehead atoms. The van der Waals surface area contributed by atoms with Gasteiger partial charge in [0.15, 0.2) is 11.2 Å². The highest BCUT2D eigenvalue weighted by atomic mass is 19.1. The molecule has 0 unspecified atom stereocenters. The van der Waals surface area contributed by atoms with Crippen molar-refractivity contribution < 1.29 is 13.6 Å². The van der Waals surface area contributed by atoms with Gasteiger partial charge in [-0.15, -0.1) is 0 Å². The van der Waals surface area contributed by atoms with Crippen molar-refractivity contribution in [3.63, 3.8) is 0 Å². The van der Waals surface area contributed by atoms with Crippen molar-refractivity contribution in [2.75, 3.05) is 11.1 Å². The van der Waals surface area contributed by atoms with Crippen LogP contribution in [0.3, 0.4) is 0 Å². The van der Waals surface area contributed by atoms with Crippen molar-refractivity contribution in [1.82, 2.24) is 25.1 Å². The number of nitrogens with one attached hydrogen (secondary N) is 2. The average Bonchev–Trinajstić information content (AvgIpc) is 3.11. The van der Waals surface area contributed by atoms with Crippen molar-refractivity contribution in [3.8, 4) is 0 Å². The summed E-state index contributed by atoms with van der Waals surface area (Å²) in [5.41, 5.74) is 6.72. The van der Waals surface area contributed by atoms with Crippen molar-refractivity contribution in [1.29, 1.82) is 0 Å². The first-order valence-electron chi connectivity index (χ1n) is 6.44. The summed E-state index contributed by atoms with van der Waals surface area (Å²) < 4.78 is 18.5. The van der Waals surface area contributed by atoms with Crippen LogP contribution in [-0.4, -0.2) is 31.1 Å². The SMILES string of the molecule is Nc1ncnc2n[nH]c(C(=O)Nc3nc4cc(F)ccc4o3)c12. The molecule has 0 aliphatic rings. The lowest BCUT2D eigenvalue weighted by Crippen LogP contribution is -2.13. The summed E-state index contributed by atoms with van der Waals surface area (Å²) in [5.74, 6) is -0.914. The normalized spacial score (nSPS) is 11.2. The minimum atomic E-state index is -0.582. The average molecular weight is 313 g/mol. The van der Waals surface area contributed by atoms with E-state index >= 15 is 0 Å². The number of aromatic amines is 1. The van der Waals surface area contributed by atoms with E-state index in [1.165, 1.54) is 24.5 Å². The molecular weight excluding hydrogens is 305 g/mol. The molecule has 0 radical (unpaired) electrons. The number of benzene rings is 1. The number of hydrogen-bond acceptors (Lipinski definition) is 7. The van der Waals surface area contributed by atoms with Gasteiger partial charge in [0.25, 0.3) is 5.91 Å². The summed E-state index contributed by atoms with van der Waals surface area (Å²) in [6.45, 7) is 0. The number of amides is 1. The van der Waals surface area contributed by atoms with Crippen LogP contribution >= 0.6 is 0 Å². The minimum Gasteiger partial charge on any atom is -0.423 e. The molecule has 10 heteroatoms. The van der Waals surface area contributed by atoms with Gasteiger partial charge >= 0.3 is 6.01 Å². The van der Waals surface area contributed by atoms with Gasteiger partial charge in [-0.2, -0.15) is 10.1 Å². The van der Waals surface area contributed by atoms with Gasteiger partial charge < -0.3 is 10.2 Å². The maximum absolute atomic E-state index is 13.1. The number of anilines is 2. The fraction of sp³-hybridized carbons (Fsp3) is 0. The summed E-state index contributed by atoms with van der Waals surface area (Å²) in [5, 5.41) is 9.17. The van der Waals surface area contributed by atoms with E-state index in [9.17, 15) is 9.18 Å².